The molecule has 0 unspecified atom stereocenters. The minimum absolute atomic E-state index is 0.168. The van der Waals surface area contributed by atoms with Crippen LogP contribution in [0, 0.1) is 13.8 Å². The molecule has 0 atom stereocenters. The van der Waals surface area contributed by atoms with Crippen LogP contribution >= 0.6 is 39.1 Å². The third-order valence-corrected chi connectivity index (χ3v) is 5.14. The second kappa shape index (κ2) is 8.51. The molecule has 4 nitrogen and oxygen atoms in total. The molecule has 0 aliphatic carbocycles. The molecular formula is C17H15BrCl2N2O2. The molecule has 2 aromatic rings. The molecule has 0 aliphatic heterocycles. The summed E-state index contributed by atoms with van der Waals surface area (Å²) in [5.74, 6) is 0.176. The summed E-state index contributed by atoms with van der Waals surface area (Å²) in [7, 11) is 0. The van der Waals surface area contributed by atoms with E-state index < -0.39 is 0 Å². The van der Waals surface area contributed by atoms with Crippen LogP contribution in [-0.2, 0) is 4.79 Å². The Morgan fingerprint density at radius 2 is 2.04 bits per heavy atom. The third-order valence-electron chi connectivity index (χ3n) is 3.23. The maximum atomic E-state index is 11.8. The summed E-state index contributed by atoms with van der Waals surface area (Å²) in [6, 6.07) is 8.97. The van der Waals surface area contributed by atoms with Crippen molar-refractivity contribution in [2.24, 2.45) is 5.10 Å². The Balaban J connectivity index is 1.94. The number of hydrazone groups is 1. The number of hydrogen-bond donors (Lipinski definition) is 1. The molecule has 2 aromatic carbocycles. The van der Waals surface area contributed by atoms with E-state index in [1.54, 1.807) is 18.2 Å². The summed E-state index contributed by atoms with van der Waals surface area (Å²) in [5.41, 5.74) is 4.85. The van der Waals surface area contributed by atoms with E-state index in [1.165, 1.54) is 6.21 Å². The zero-order chi connectivity index (χ0) is 17.7. The van der Waals surface area contributed by atoms with Gasteiger partial charge in [-0.05, 0) is 53.0 Å². The molecule has 2 rings (SSSR count). The van der Waals surface area contributed by atoms with Crippen LogP contribution in [0.1, 0.15) is 16.7 Å². The van der Waals surface area contributed by atoms with Crippen molar-refractivity contribution in [2.45, 2.75) is 13.8 Å². The van der Waals surface area contributed by atoms with Gasteiger partial charge >= 0.3 is 0 Å². The lowest BCUT2D eigenvalue weighted by Crippen LogP contribution is -2.24. The average molecular weight is 430 g/mol. The van der Waals surface area contributed by atoms with E-state index in [0.717, 1.165) is 15.6 Å². The Hall–Kier alpha value is -1.56. The number of benzene rings is 2. The first kappa shape index (κ1) is 18.8. The molecule has 126 valence electrons. The minimum Gasteiger partial charge on any atom is -0.483 e. The standard InChI is InChI=1S/C17H15BrCl2N2O2/c1-10-7-14(16(18)11(2)17(10)20)24-9-15(23)22-21-8-12-5-3-4-6-13(12)19/h3-8H,9H2,1-2H3,(H,22,23)/b21-8+. The van der Waals surface area contributed by atoms with Crippen LogP contribution in [0.5, 0.6) is 5.75 Å². The summed E-state index contributed by atoms with van der Waals surface area (Å²) in [6.45, 7) is 3.59. The number of nitrogens with one attached hydrogen (secondary N) is 1. The molecule has 0 heterocycles. The van der Waals surface area contributed by atoms with Crippen molar-refractivity contribution in [1.29, 1.82) is 0 Å². The van der Waals surface area contributed by atoms with Gasteiger partial charge in [0.05, 0.1) is 10.7 Å². The Bertz CT molecular complexity index is 794. The Morgan fingerprint density at radius 3 is 2.75 bits per heavy atom. The van der Waals surface area contributed by atoms with Gasteiger partial charge in [0.2, 0.25) is 0 Å². The van der Waals surface area contributed by atoms with E-state index in [2.05, 4.69) is 26.5 Å². The molecule has 0 radical (unpaired) electrons. The number of amides is 1. The smallest absolute Gasteiger partial charge is 0.277 e. The monoisotopic (exact) mass is 428 g/mol. The minimum atomic E-state index is -0.379. The maximum absolute atomic E-state index is 11.8. The van der Waals surface area contributed by atoms with Crippen molar-refractivity contribution in [2.75, 3.05) is 6.61 Å². The number of aryl methyl sites for hydroxylation is 1. The first-order valence-corrected chi connectivity index (χ1v) is 8.59. The number of carbonyl (C=O) groups excluding carboxylic acids is 1. The summed E-state index contributed by atoms with van der Waals surface area (Å²) in [4.78, 5) is 11.8. The van der Waals surface area contributed by atoms with Crippen molar-refractivity contribution in [3.63, 3.8) is 0 Å². The van der Waals surface area contributed by atoms with E-state index in [-0.39, 0.29) is 12.5 Å². The van der Waals surface area contributed by atoms with Crippen molar-refractivity contribution < 1.29 is 9.53 Å². The lowest BCUT2D eigenvalue weighted by molar-refractivity contribution is -0.123. The van der Waals surface area contributed by atoms with Gasteiger partial charge in [-0.1, -0.05) is 41.4 Å². The molecule has 0 saturated carbocycles. The average Bonchev–Trinajstić information content (AvgIpc) is 2.57. The predicted molar refractivity (Wildman–Crippen MR) is 101 cm³/mol. The lowest BCUT2D eigenvalue weighted by Gasteiger charge is -2.12. The van der Waals surface area contributed by atoms with Crippen molar-refractivity contribution >= 4 is 51.3 Å². The van der Waals surface area contributed by atoms with Crippen molar-refractivity contribution in [3.05, 3.63) is 61.5 Å². The highest BCUT2D eigenvalue weighted by atomic mass is 79.9. The summed E-state index contributed by atoms with van der Waals surface area (Å²) < 4.78 is 6.25. The number of rotatable bonds is 5. The number of nitrogens with zero attached hydrogens (tertiary/aromatic N) is 1. The zero-order valence-electron chi connectivity index (χ0n) is 13.1. The van der Waals surface area contributed by atoms with Crippen LogP contribution in [0.25, 0.3) is 0 Å². The van der Waals surface area contributed by atoms with Crippen LogP contribution in [0.4, 0.5) is 0 Å². The van der Waals surface area contributed by atoms with Crippen LogP contribution in [0.2, 0.25) is 10.0 Å². The van der Waals surface area contributed by atoms with Crippen LogP contribution in [0.3, 0.4) is 0 Å². The molecule has 0 saturated heterocycles. The lowest BCUT2D eigenvalue weighted by atomic mass is 10.1. The Morgan fingerprint density at radius 1 is 1.33 bits per heavy atom. The van der Waals surface area contributed by atoms with Crippen molar-refractivity contribution in [1.82, 2.24) is 5.43 Å². The zero-order valence-corrected chi connectivity index (χ0v) is 16.2. The van der Waals surface area contributed by atoms with Gasteiger partial charge < -0.3 is 4.74 Å². The highest BCUT2D eigenvalue weighted by Gasteiger charge is 2.12. The second-order valence-corrected chi connectivity index (χ2v) is 6.63. The summed E-state index contributed by atoms with van der Waals surface area (Å²) in [6.07, 6.45) is 1.48. The van der Waals surface area contributed by atoms with Gasteiger partial charge in [-0.3, -0.25) is 4.79 Å². The highest BCUT2D eigenvalue weighted by Crippen LogP contribution is 2.35. The van der Waals surface area contributed by atoms with E-state index in [0.29, 0.717) is 21.4 Å². The molecule has 0 fully saturated rings. The molecular weight excluding hydrogens is 415 g/mol. The van der Waals surface area contributed by atoms with Gasteiger partial charge in [0.15, 0.2) is 6.61 Å². The normalized spacial score (nSPS) is 10.9. The number of halogens is 3. The van der Waals surface area contributed by atoms with Crippen LogP contribution in [-0.4, -0.2) is 18.7 Å². The number of ether oxygens (including phenoxy) is 1. The van der Waals surface area contributed by atoms with Gasteiger partial charge in [-0.2, -0.15) is 5.10 Å². The first-order chi connectivity index (χ1) is 11.4. The second-order valence-electron chi connectivity index (χ2n) is 5.05. The summed E-state index contributed by atoms with van der Waals surface area (Å²) >= 11 is 15.6. The largest absolute Gasteiger partial charge is 0.483 e. The fourth-order valence-electron chi connectivity index (χ4n) is 1.93. The molecule has 24 heavy (non-hydrogen) atoms. The highest BCUT2D eigenvalue weighted by molar-refractivity contribution is 9.10. The molecule has 0 spiro atoms. The number of hydrogen-bond acceptors (Lipinski definition) is 3. The number of carbonyl (C=O) groups is 1. The molecule has 0 bridgehead atoms. The van der Waals surface area contributed by atoms with E-state index in [9.17, 15) is 4.79 Å². The van der Waals surface area contributed by atoms with Gasteiger partial charge in [-0.15, -0.1) is 0 Å². The predicted octanol–water partition coefficient (Wildman–Crippen LogP) is 4.90. The van der Waals surface area contributed by atoms with Gasteiger partial charge in [0.25, 0.3) is 5.91 Å². The molecule has 7 heteroatoms. The third kappa shape index (κ3) is 4.72. The Labute approximate surface area is 158 Å². The summed E-state index contributed by atoms with van der Waals surface area (Å²) in [5, 5.41) is 5.09. The topological polar surface area (TPSA) is 50.7 Å². The fourth-order valence-corrected chi connectivity index (χ4v) is 2.81. The molecule has 1 amide bonds. The van der Waals surface area contributed by atoms with Gasteiger partial charge in [0.1, 0.15) is 5.75 Å². The van der Waals surface area contributed by atoms with E-state index >= 15 is 0 Å². The van der Waals surface area contributed by atoms with E-state index in [1.807, 2.05) is 26.0 Å². The Kier molecular flexibility index (Phi) is 6.66. The van der Waals surface area contributed by atoms with E-state index in [4.69, 9.17) is 27.9 Å². The van der Waals surface area contributed by atoms with Crippen LogP contribution < -0.4 is 10.2 Å². The first-order valence-electron chi connectivity index (χ1n) is 7.04. The van der Waals surface area contributed by atoms with Gasteiger partial charge in [-0.25, -0.2) is 5.43 Å². The molecule has 0 aromatic heterocycles. The molecule has 1 N–H and O–H groups in total. The fraction of sp³-hybridized carbons (Fsp3) is 0.176. The molecule has 0 aliphatic rings. The van der Waals surface area contributed by atoms with Crippen LogP contribution in [0.15, 0.2) is 39.9 Å². The quantitative estimate of drug-likeness (QED) is 0.542. The van der Waals surface area contributed by atoms with Crippen molar-refractivity contribution in [3.8, 4) is 5.75 Å². The SMILES string of the molecule is Cc1cc(OCC(=O)N/N=C/c2ccccc2Cl)c(Br)c(C)c1Cl. The van der Waals surface area contributed by atoms with Gasteiger partial charge in [0, 0.05) is 15.6 Å². The maximum Gasteiger partial charge on any atom is 0.277 e.